The van der Waals surface area contributed by atoms with E-state index in [2.05, 4.69) is 21.4 Å². The molecule has 2 saturated heterocycles. The first-order valence-corrected chi connectivity index (χ1v) is 12.0. The molecule has 0 aliphatic carbocycles. The molecule has 0 N–H and O–H groups in total. The van der Waals surface area contributed by atoms with Crippen LogP contribution in [0.3, 0.4) is 0 Å². The maximum Gasteiger partial charge on any atom is 0.387 e. The molecule has 5 rings (SSSR count). The number of morpholine rings is 1. The first kappa shape index (κ1) is 24.1. The Morgan fingerprint density at radius 3 is 2.64 bits per heavy atom. The zero-order valence-corrected chi connectivity index (χ0v) is 20.1. The number of fused-ring (bicyclic) bond motifs is 3. The molecule has 0 unspecified atom stereocenters. The summed E-state index contributed by atoms with van der Waals surface area (Å²) < 4.78 is 36.4. The van der Waals surface area contributed by atoms with Crippen molar-refractivity contribution in [2.45, 2.75) is 26.0 Å². The maximum atomic E-state index is 13.1. The Balaban J connectivity index is 1.43. The van der Waals surface area contributed by atoms with Gasteiger partial charge in [-0.3, -0.25) is 4.79 Å². The van der Waals surface area contributed by atoms with Crippen molar-refractivity contribution >= 4 is 11.9 Å². The van der Waals surface area contributed by atoms with Gasteiger partial charge in [0, 0.05) is 49.1 Å². The lowest BCUT2D eigenvalue weighted by atomic mass is 9.86. The summed E-state index contributed by atoms with van der Waals surface area (Å²) in [7, 11) is 0. The van der Waals surface area contributed by atoms with Crippen LogP contribution in [0.25, 0.3) is 11.1 Å². The van der Waals surface area contributed by atoms with Crippen molar-refractivity contribution in [1.82, 2.24) is 14.9 Å². The third kappa shape index (κ3) is 4.51. The SMILES string of the molecule is C=C(/C(=C\C=C/C)OC(F)F)[C@@H]1CCN2C(=O)c3ccc(-c4cnc(N5CCOCC5)nc4)cc3[C@@H]12. The number of hydrogen-bond acceptors (Lipinski definition) is 6. The van der Waals surface area contributed by atoms with E-state index in [9.17, 15) is 13.6 Å². The second-order valence-corrected chi connectivity index (χ2v) is 8.97. The molecule has 0 saturated carbocycles. The second kappa shape index (κ2) is 10.2. The lowest BCUT2D eigenvalue weighted by Gasteiger charge is -2.26. The first-order valence-electron chi connectivity index (χ1n) is 12.0. The Morgan fingerprint density at radius 2 is 1.94 bits per heavy atom. The fraction of sp³-hybridized carbons (Fsp3) is 0.370. The van der Waals surface area contributed by atoms with E-state index in [4.69, 9.17) is 9.47 Å². The summed E-state index contributed by atoms with van der Waals surface area (Å²) in [5.41, 5.74) is 3.68. The number of anilines is 1. The molecule has 4 heterocycles. The Hall–Kier alpha value is -3.59. The van der Waals surface area contributed by atoms with Crippen molar-refractivity contribution in [2.24, 2.45) is 5.92 Å². The van der Waals surface area contributed by atoms with E-state index in [0.717, 1.165) is 29.8 Å². The van der Waals surface area contributed by atoms with Crippen LogP contribution < -0.4 is 4.90 Å². The van der Waals surface area contributed by atoms with Gasteiger partial charge in [0.2, 0.25) is 5.95 Å². The third-order valence-electron chi connectivity index (χ3n) is 6.95. The van der Waals surface area contributed by atoms with E-state index in [-0.39, 0.29) is 23.6 Å². The number of aromatic nitrogens is 2. The number of benzene rings is 1. The summed E-state index contributed by atoms with van der Waals surface area (Å²) in [6.45, 7) is 6.28. The van der Waals surface area contributed by atoms with Crippen molar-refractivity contribution in [1.29, 1.82) is 0 Å². The van der Waals surface area contributed by atoms with Crippen LogP contribution in [-0.2, 0) is 9.47 Å². The maximum absolute atomic E-state index is 13.1. The van der Waals surface area contributed by atoms with Crippen molar-refractivity contribution < 1.29 is 23.0 Å². The van der Waals surface area contributed by atoms with Crippen LogP contribution in [0.5, 0.6) is 0 Å². The van der Waals surface area contributed by atoms with E-state index in [0.29, 0.717) is 43.3 Å². The highest BCUT2D eigenvalue weighted by atomic mass is 19.3. The van der Waals surface area contributed by atoms with Crippen LogP contribution in [0, 0.1) is 5.92 Å². The molecule has 188 valence electrons. The van der Waals surface area contributed by atoms with Crippen LogP contribution in [0.1, 0.15) is 35.3 Å². The Labute approximate surface area is 208 Å². The van der Waals surface area contributed by atoms with E-state index in [1.165, 1.54) is 6.08 Å². The highest BCUT2D eigenvalue weighted by Gasteiger charge is 2.47. The van der Waals surface area contributed by atoms with Crippen LogP contribution in [0.4, 0.5) is 14.7 Å². The first-order chi connectivity index (χ1) is 17.5. The predicted octanol–water partition coefficient (Wildman–Crippen LogP) is 4.75. The number of hydrogen-bond donors (Lipinski definition) is 0. The smallest absolute Gasteiger partial charge is 0.387 e. The second-order valence-electron chi connectivity index (χ2n) is 8.97. The average Bonchev–Trinajstić information content (AvgIpc) is 3.46. The molecule has 2 atom stereocenters. The molecule has 7 nitrogen and oxygen atoms in total. The molecule has 1 amide bonds. The number of ether oxygens (including phenoxy) is 2. The van der Waals surface area contributed by atoms with Gasteiger partial charge in [-0.2, -0.15) is 8.78 Å². The number of nitrogens with zero attached hydrogens (tertiary/aromatic N) is 4. The minimum Gasteiger partial charge on any atom is -0.435 e. The van der Waals surface area contributed by atoms with Gasteiger partial charge in [0.15, 0.2) is 0 Å². The van der Waals surface area contributed by atoms with Crippen LogP contribution in [0.15, 0.2) is 66.7 Å². The summed E-state index contributed by atoms with van der Waals surface area (Å²) in [5, 5.41) is 0. The Kier molecular flexibility index (Phi) is 6.82. The van der Waals surface area contributed by atoms with Gasteiger partial charge in [0.1, 0.15) is 5.76 Å². The Bertz CT molecular complexity index is 1210. The lowest BCUT2D eigenvalue weighted by molar-refractivity contribution is -0.0942. The van der Waals surface area contributed by atoms with E-state index >= 15 is 0 Å². The molecule has 2 fully saturated rings. The van der Waals surface area contributed by atoms with Crippen LogP contribution in [-0.4, -0.2) is 60.2 Å². The van der Waals surface area contributed by atoms with Crippen molar-refractivity contribution in [3.8, 4) is 11.1 Å². The van der Waals surface area contributed by atoms with Gasteiger partial charge in [-0.1, -0.05) is 24.8 Å². The fourth-order valence-corrected chi connectivity index (χ4v) is 5.19. The molecule has 3 aliphatic rings. The van der Waals surface area contributed by atoms with Gasteiger partial charge in [0.05, 0.1) is 19.3 Å². The highest BCUT2D eigenvalue weighted by Crippen LogP contribution is 2.49. The monoisotopic (exact) mass is 494 g/mol. The van der Waals surface area contributed by atoms with Crippen molar-refractivity contribution in [3.63, 3.8) is 0 Å². The van der Waals surface area contributed by atoms with E-state index in [1.54, 1.807) is 36.4 Å². The number of carbonyl (C=O) groups excluding carboxylic acids is 1. The topological polar surface area (TPSA) is 67.8 Å². The van der Waals surface area contributed by atoms with Crippen LogP contribution in [0.2, 0.25) is 0 Å². The van der Waals surface area contributed by atoms with Gasteiger partial charge >= 0.3 is 6.61 Å². The minimum atomic E-state index is -2.96. The van der Waals surface area contributed by atoms with Gasteiger partial charge in [-0.15, -0.1) is 0 Å². The van der Waals surface area contributed by atoms with Gasteiger partial charge < -0.3 is 19.3 Å². The number of rotatable bonds is 7. The van der Waals surface area contributed by atoms with Crippen LogP contribution >= 0.6 is 0 Å². The number of alkyl halides is 2. The molecule has 3 aliphatic heterocycles. The number of halogens is 2. The van der Waals surface area contributed by atoms with Gasteiger partial charge in [-0.05, 0) is 48.3 Å². The average molecular weight is 495 g/mol. The summed E-state index contributed by atoms with van der Waals surface area (Å²) in [6, 6.07) is 5.42. The zero-order valence-electron chi connectivity index (χ0n) is 20.1. The molecule has 36 heavy (non-hydrogen) atoms. The molecule has 2 aromatic rings. The molecule has 0 radical (unpaired) electrons. The lowest BCUT2D eigenvalue weighted by Crippen LogP contribution is -2.37. The van der Waals surface area contributed by atoms with Crippen molar-refractivity contribution in [3.05, 3.63) is 77.9 Å². The molecule has 9 heteroatoms. The quantitative estimate of drug-likeness (QED) is 0.409. The summed E-state index contributed by atoms with van der Waals surface area (Å²) in [4.78, 5) is 26.1. The minimum absolute atomic E-state index is 0.0408. The van der Waals surface area contributed by atoms with Gasteiger partial charge in [-0.25, -0.2) is 9.97 Å². The molecular weight excluding hydrogens is 466 g/mol. The molecule has 0 bridgehead atoms. The molecule has 1 aromatic carbocycles. The third-order valence-corrected chi connectivity index (χ3v) is 6.95. The summed E-state index contributed by atoms with van der Waals surface area (Å²) >= 11 is 0. The van der Waals surface area contributed by atoms with Gasteiger partial charge in [0.25, 0.3) is 5.91 Å². The summed E-state index contributed by atoms with van der Waals surface area (Å²) in [6.07, 6.45) is 9.06. The largest absolute Gasteiger partial charge is 0.435 e. The van der Waals surface area contributed by atoms with E-state index in [1.807, 2.05) is 18.2 Å². The summed E-state index contributed by atoms with van der Waals surface area (Å²) in [5.74, 6) is 0.417. The zero-order chi connectivity index (χ0) is 25.2. The molecule has 1 aromatic heterocycles. The number of carbonyl (C=O) groups is 1. The number of allylic oxidation sites excluding steroid dienone is 4. The molecule has 0 spiro atoms. The highest BCUT2D eigenvalue weighted by molar-refractivity contribution is 6.00. The molecular formula is C27H28F2N4O3. The standard InChI is InChI=1S/C27H28F2N4O3/c1-3-4-5-23(36-26(28)29)17(2)20-8-9-33-24(20)22-14-18(6-7-21(22)25(33)34)19-15-30-27(31-16-19)32-10-12-35-13-11-32/h3-7,14-16,20,24,26H,2,8-13H2,1H3/b4-3-,23-5+/t20-,24+/m0/s1. The van der Waals surface area contributed by atoms with E-state index < -0.39 is 6.61 Å². The van der Waals surface area contributed by atoms with Crippen molar-refractivity contribution in [2.75, 3.05) is 37.7 Å². The Morgan fingerprint density at radius 1 is 1.19 bits per heavy atom. The normalized spacial score (nSPS) is 21.9. The fourth-order valence-electron chi connectivity index (χ4n) is 5.19. The number of amides is 1. The predicted molar refractivity (Wildman–Crippen MR) is 132 cm³/mol.